The minimum atomic E-state index is -0.308. The summed E-state index contributed by atoms with van der Waals surface area (Å²) < 4.78 is 0. The molecule has 0 amide bonds. The zero-order chi connectivity index (χ0) is 15.7. The fourth-order valence-corrected chi connectivity index (χ4v) is 4.25. The van der Waals surface area contributed by atoms with Crippen LogP contribution in [-0.2, 0) is 4.79 Å². The molecule has 0 heterocycles. The number of carbonyl (C=O) groups excluding carboxylic acids is 1. The highest BCUT2D eigenvalue weighted by atomic mass is 16.3. The lowest BCUT2D eigenvalue weighted by Gasteiger charge is -2.46. The van der Waals surface area contributed by atoms with Crippen molar-refractivity contribution in [1.29, 1.82) is 0 Å². The van der Waals surface area contributed by atoms with E-state index in [1.54, 1.807) is 0 Å². The Morgan fingerprint density at radius 1 is 0.682 bits per heavy atom. The Morgan fingerprint density at radius 2 is 1.23 bits per heavy atom. The van der Waals surface area contributed by atoms with Crippen molar-refractivity contribution in [3.63, 3.8) is 0 Å². The third-order valence-corrected chi connectivity index (χ3v) is 6.01. The highest BCUT2D eigenvalue weighted by Crippen LogP contribution is 2.45. The first-order valence-corrected chi connectivity index (χ1v) is 9.95. The Morgan fingerprint density at radius 3 is 1.82 bits per heavy atom. The normalized spacial score (nSPS) is 34.0. The largest absolute Gasteiger partial charge is 0.390 e. The predicted molar refractivity (Wildman–Crippen MR) is 91.9 cm³/mol. The first-order chi connectivity index (χ1) is 10.7. The molecule has 2 nitrogen and oxygen atoms in total. The Kier molecular flexibility index (Phi) is 7.92. The molecule has 0 radical (unpaired) electrons. The Hall–Kier alpha value is -0.370. The standard InChI is InChI=1S/C20H36O2/c21-19-13-9-5-1-2-7-11-16-20(22)17-15-18(20)12-8-4-3-6-10-14-19/h18,22H,1-17H2/t18-,20+/m1/s1. The van der Waals surface area contributed by atoms with Gasteiger partial charge in [-0.15, -0.1) is 0 Å². The lowest BCUT2D eigenvalue weighted by atomic mass is 9.65. The summed E-state index contributed by atoms with van der Waals surface area (Å²) in [6, 6.07) is 0. The van der Waals surface area contributed by atoms with E-state index in [-0.39, 0.29) is 5.60 Å². The topological polar surface area (TPSA) is 37.3 Å². The molecule has 0 aromatic carbocycles. The van der Waals surface area contributed by atoms with Gasteiger partial charge in [-0.1, -0.05) is 57.8 Å². The third-order valence-electron chi connectivity index (χ3n) is 6.01. The molecule has 0 bridgehead atoms. The zero-order valence-corrected chi connectivity index (χ0v) is 14.5. The van der Waals surface area contributed by atoms with E-state index < -0.39 is 0 Å². The molecule has 0 spiro atoms. The molecule has 0 aliphatic heterocycles. The van der Waals surface area contributed by atoms with Crippen molar-refractivity contribution >= 4 is 5.78 Å². The Labute approximate surface area is 137 Å². The highest BCUT2D eigenvalue weighted by Gasteiger charge is 2.43. The number of aliphatic hydroxyl groups is 1. The van der Waals surface area contributed by atoms with Gasteiger partial charge in [0.1, 0.15) is 5.78 Å². The van der Waals surface area contributed by atoms with Crippen LogP contribution < -0.4 is 0 Å². The SMILES string of the molecule is O=C1CCCCCCCC[C@]2(O)CC[C@H]2CCCCCCC1. The molecule has 0 unspecified atom stereocenters. The molecule has 2 aliphatic carbocycles. The molecular formula is C20H36O2. The number of carbonyl (C=O) groups is 1. The zero-order valence-electron chi connectivity index (χ0n) is 14.5. The van der Waals surface area contributed by atoms with Gasteiger partial charge in [0.25, 0.3) is 0 Å². The van der Waals surface area contributed by atoms with Crippen molar-refractivity contribution in [3.05, 3.63) is 0 Å². The van der Waals surface area contributed by atoms with Crippen LogP contribution in [0.15, 0.2) is 0 Å². The number of rotatable bonds is 0. The van der Waals surface area contributed by atoms with Gasteiger partial charge in [0.2, 0.25) is 0 Å². The van der Waals surface area contributed by atoms with Gasteiger partial charge in [0, 0.05) is 12.8 Å². The molecule has 1 N–H and O–H groups in total. The van der Waals surface area contributed by atoms with Gasteiger partial charge in [-0.05, 0) is 44.4 Å². The van der Waals surface area contributed by atoms with Crippen LogP contribution in [0.1, 0.15) is 109 Å². The fourth-order valence-electron chi connectivity index (χ4n) is 4.25. The lowest BCUT2D eigenvalue weighted by Crippen LogP contribution is -2.46. The summed E-state index contributed by atoms with van der Waals surface area (Å²) >= 11 is 0. The molecule has 2 rings (SSSR count). The summed E-state index contributed by atoms with van der Waals surface area (Å²) in [7, 11) is 0. The minimum absolute atomic E-state index is 0.308. The van der Waals surface area contributed by atoms with Crippen molar-refractivity contribution in [2.45, 2.75) is 115 Å². The number of hydrogen-bond acceptors (Lipinski definition) is 2. The Balaban J connectivity index is 1.71. The second kappa shape index (κ2) is 9.70. The molecule has 0 aromatic rings. The summed E-state index contributed by atoms with van der Waals surface area (Å²) in [5, 5.41) is 10.7. The van der Waals surface area contributed by atoms with Crippen LogP contribution in [0, 0.1) is 5.92 Å². The van der Waals surface area contributed by atoms with E-state index in [4.69, 9.17) is 0 Å². The van der Waals surface area contributed by atoms with E-state index in [1.165, 1.54) is 70.6 Å². The number of ketones is 1. The van der Waals surface area contributed by atoms with Crippen molar-refractivity contribution in [3.8, 4) is 0 Å². The van der Waals surface area contributed by atoms with Crippen LogP contribution in [0.5, 0.6) is 0 Å². The van der Waals surface area contributed by atoms with Gasteiger partial charge >= 0.3 is 0 Å². The molecule has 0 saturated heterocycles. The highest BCUT2D eigenvalue weighted by molar-refractivity contribution is 5.78. The van der Waals surface area contributed by atoms with Gasteiger partial charge in [-0.3, -0.25) is 4.79 Å². The maximum absolute atomic E-state index is 11.8. The van der Waals surface area contributed by atoms with Crippen LogP contribution in [0.4, 0.5) is 0 Å². The summed E-state index contributed by atoms with van der Waals surface area (Å²) in [6.07, 6.45) is 19.5. The van der Waals surface area contributed by atoms with E-state index in [0.29, 0.717) is 11.7 Å². The van der Waals surface area contributed by atoms with Crippen molar-refractivity contribution < 1.29 is 9.90 Å². The maximum atomic E-state index is 11.8. The number of Topliss-reactive ketones (excluding diaryl/α,β-unsaturated/α-hetero) is 1. The fraction of sp³-hybridized carbons (Fsp3) is 0.950. The third kappa shape index (κ3) is 6.02. The summed E-state index contributed by atoms with van der Waals surface area (Å²) in [5.74, 6) is 1.06. The van der Waals surface area contributed by atoms with Crippen molar-refractivity contribution in [1.82, 2.24) is 0 Å². The molecule has 2 fully saturated rings. The second-order valence-electron chi connectivity index (χ2n) is 7.81. The maximum Gasteiger partial charge on any atom is 0.132 e. The van der Waals surface area contributed by atoms with Gasteiger partial charge in [-0.25, -0.2) is 0 Å². The second-order valence-corrected chi connectivity index (χ2v) is 7.81. The molecule has 128 valence electrons. The van der Waals surface area contributed by atoms with Gasteiger partial charge in [0.15, 0.2) is 0 Å². The van der Waals surface area contributed by atoms with E-state index in [9.17, 15) is 9.90 Å². The van der Waals surface area contributed by atoms with E-state index in [1.807, 2.05) is 0 Å². The van der Waals surface area contributed by atoms with Crippen LogP contribution >= 0.6 is 0 Å². The molecule has 2 saturated carbocycles. The molecule has 2 heteroatoms. The first-order valence-electron chi connectivity index (χ1n) is 9.95. The summed E-state index contributed by atoms with van der Waals surface area (Å²) in [5.41, 5.74) is -0.308. The van der Waals surface area contributed by atoms with E-state index >= 15 is 0 Å². The summed E-state index contributed by atoms with van der Waals surface area (Å²) in [4.78, 5) is 11.8. The molecular weight excluding hydrogens is 272 g/mol. The van der Waals surface area contributed by atoms with Crippen LogP contribution in [0.2, 0.25) is 0 Å². The number of fused-ring (bicyclic) bond motifs is 1. The smallest absolute Gasteiger partial charge is 0.132 e. The van der Waals surface area contributed by atoms with Gasteiger partial charge in [-0.2, -0.15) is 0 Å². The van der Waals surface area contributed by atoms with Crippen LogP contribution in [0.3, 0.4) is 0 Å². The minimum Gasteiger partial charge on any atom is -0.390 e. The quantitative estimate of drug-likeness (QED) is 0.636. The van der Waals surface area contributed by atoms with Crippen molar-refractivity contribution in [2.24, 2.45) is 5.92 Å². The molecule has 2 atom stereocenters. The predicted octanol–water partition coefficient (Wildman–Crippen LogP) is 5.56. The molecule has 0 aromatic heterocycles. The summed E-state index contributed by atoms with van der Waals surface area (Å²) in [6.45, 7) is 0. The monoisotopic (exact) mass is 308 g/mol. The van der Waals surface area contributed by atoms with Gasteiger partial charge in [0.05, 0.1) is 5.60 Å². The average molecular weight is 309 g/mol. The lowest BCUT2D eigenvalue weighted by molar-refractivity contribution is -0.119. The number of hydrogen-bond donors (Lipinski definition) is 1. The van der Waals surface area contributed by atoms with Crippen LogP contribution in [-0.4, -0.2) is 16.5 Å². The Bertz CT molecular complexity index is 326. The van der Waals surface area contributed by atoms with E-state index in [0.717, 1.165) is 38.5 Å². The molecule has 2 aliphatic rings. The average Bonchev–Trinajstić information content (AvgIpc) is 2.50. The molecule has 22 heavy (non-hydrogen) atoms. The van der Waals surface area contributed by atoms with Crippen molar-refractivity contribution in [2.75, 3.05) is 0 Å². The van der Waals surface area contributed by atoms with Gasteiger partial charge < -0.3 is 5.11 Å². The first kappa shape index (κ1) is 18.0. The van der Waals surface area contributed by atoms with E-state index in [2.05, 4.69) is 0 Å². The van der Waals surface area contributed by atoms with Crippen LogP contribution in [0.25, 0.3) is 0 Å².